The van der Waals surface area contributed by atoms with Gasteiger partial charge in [0, 0.05) is 32.8 Å². The highest BCUT2D eigenvalue weighted by molar-refractivity contribution is 6.26. The molecular weight excluding hydrogens is 488 g/mol. The fraction of sp³-hybridized carbons (Fsp3) is 0.0556. The lowest BCUT2D eigenvalue weighted by atomic mass is 9.99. The van der Waals surface area contributed by atoms with E-state index in [9.17, 15) is 0 Å². The summed E-state index contributed by atoms with van der Waals surface area (Å²) in [5.41, 5.74) is 9.95. The van der Waals surface area contributed by atoms with E-state index < -0.39 is 0 Å². The third kappa shape index (κ3) is 2.47. The van der Waals surface area contributed by atoms with Crippen LogP contribution in [0.25, 0.3) is 60.1 Å². The van der Waals surface area contributed by atoms with E-state index in [2.05, 4.69) is 141 Å². The summed E-state index contributed by atoms with van der Waals surface area (Å²) < 4.78 is 5.02. The van der Waals surface area contributed by atoms with Gasteiger partial charge in [0.25, 0.3) is 0 Å². The van der Waals surface area contributed by atoms with Crippen molar-refractivity contribution in [2.45, 2.75) is 12.2 Å². The van der Waals surface area contributed by atoms with Crippen LogP contribution in [0.5, 0.6) is 0 Å². The molecule has 188 valence electrons. The zero-order valence-electron chi connectivity index (χ0n) is 21.6. The van der Waals surface area contributed by atoms with Crippen LogP contribution in [-0.4, -0.2) is 9.13 Å². The third-order valence-electron chi connectivity index (χ3n) is 9.11. The molecule has 2 unspecified atom stereocenters. The number of rotatable bonds is 1. The lowest BCUT2D eigenvalue weighted by Crippen LogP contribution is -2.29. The Hall–Kier alpha value is -5.22. The van der Waals surface area contributed by atoms with Crippen molar-refractivity contribution in [1.82, 2.24) is 9.13 Å². The zero-order chi connectivity index (χ0) is 25.9. The van der Waals surface area contributed by atoms with E-state index in [1.54, 1.807) is 0 Å². The van der Waals surface area contributed by atoms with E-state index >= 15 is 0 Å². The predicted octanol–water partition coefficient (Wildman–Crippen LogP) is 9.14. The lowest BCUT2D eigenvalue weighted by Gasteiger charge is -2.33. The fourth-order valence-corrected chi connectivity index (χ4v) is 7.47. The molecule has 2 N–H and O–H groups in total. The van der Waals surface area contributed by atoms with E-state index in [1.165, 1.54) is 65.6 Å². The molecule has 2 aromatic heterocycles. The van der Waals surface area contributed by atoms with Crippen molar-refractivity contribution in [3.8, 4) is 5.69 Å². The average Bonchev–Trinajstić information content (AvgIpc) is 3.64. The van der Waals surface area contributed by atoms with Gasteiger partial charge in [-0.05, 0) is 47.2 Å². The van der Waals surface area contributed by atoms with Crippen molar-refractivity contribution >= 4 is 65.8 Å². The second kappa shape index (κ2) is 7.25. The molecule has 6 aromatic carbocycles. The highest BCUT2D eigenvalue weighted by Crippen LogP contribution is 2.52. The monoisotopic (exact) mass is 512 g/mol. The maximum Gasteiger partial charge on any atom is 0.129 e. The number of aromatic nitrogens is 2. The summed E-state index contributed by atoms with van der Waals surface area (Å²) >= 11 is 0. The largest absolute Gasteiger partial charge is 0.373 e. The molecule has 0 saturated carbocycles. The van der Waals surface area contributed by atoms with E-state index in [0.29, 0.717) is 0 Å². The summed E-state index contributed by atoms with van der Waals surface area (Å²) in [6.45, 7) is 0. The van der Waals surface area contributed by atoms with Crippen LogP contribution in [0.3, 0.4) is 0 Å². The van der Waals surface area contributed by atoms with Crippen molar-refractivity contribution in [3.63, 3.8) is 0 Å². The van der Waals surface area contributed by atoms with Crippen LogP contribution in [-0.2, 0) is 0 Å². The van der Waals surface area contributed by atoms with Gasteiger partial charge in [-0.3, -0.25) is 0 Å². The first-order valence-electron chi connectivity index (χ1n) is 14.0. The molecule has 40 heavy (non-hydrogen) atoms. The van der Waals surface area contributed by atoms with E-state index in [0.717, 1.165) is 11.4 Å². The Morgan fingerprint density at radius 3 is 2.23 bits per heavy atom. The summed E-state index contributed by atoms with van der Waals surface area (Å²) in [7, 11) is 0. The first-order valence-corrected chi connectivity index (χ1v) is 14.0. The summed E-state index contributed by atoms with van der Waals surface area (Å²) in [5.74, 6) is 0. The number of nitrogens with one attached hydrogen (secondary N) is 2. The molecule has 4 heterocycles. The minimum Gasteiger partial charge on any atom is -0.373 e. The number of benzene rings is 6. The minimum atomic E-state index is 0.100. The third-order valence-corrected chi connectivity index (χ3v) is 9.11. The normalized spacial score (nSPS) is 17.4. The first kappa shape index (κ1) is 20.7. The van der Waals surface area contributed by atoms with Gasteiger partial charge in [0.05, 0.1) is 39.5 Å². The Kier molecular flexibility index (Phi) is 3.75. The summed E-state index contributed by atoms with van der Waals surface area (Å²) in [5, 5.41) is 15.4. The van der Waals surface area contributed by atoms with Gasteiger partial charge in [0.2, 0.25) is 0 Å². The molecule has 4 heteroatoms. The maximum atomic E-state index is 3.88. The number of anilines is 2. The average molecular weight is 513 g/mol. The smallest absolute Gasteiger partial charge is 0.129 e. The number of hydrogen-bond donors (Lipinski definition) is 2. The Balaban J connectivity index is 1.35. The topological polar surface area (TPSA) is 33.9 Å². The summed E-state index contributed by atoms with van der Waals surface area (Å²) in [6, 6.07) is 44.5. The van der Waals surface area contributed by atoms with Crippen LogP contribution < -0.4 is 10.6 Å². The van der Waals surface area contributed by atoms with Crippen LogP contribution in [0.2, 0.25) is 0 Å². The van der Waals surface area contributed by atoms with E-state index in [-0.39, 0.29) is 12.2 Å². The second-order valence-electron chi connectivity index (χ2n) is 11.1. The zero-order valence-corrected chi connectivity index (χ0v) is 21.6. The molecular formula is C36H24N4. The van der Waals surface area contributed by atoms with Crippen LogP contribution in [0.15, 0.2) is 121 Å². The molecule has 0 bridgehead atoms. The Morgan fingerprint density at radius 1 is 0.525 bits per heavy atom. The standard InChI is InChI=1S/C36H24N4/c1-2-9-22-20-23(17-16-21(22)8-1)39-30-15-6-3-10-24(30)25-18-19-31-32(35(25)39)26-11-7-12-27-33-36(40(31)34(26)27)38-29-14-5-4-13-28(29)37-33/h1-20,33,36-38H. The van der Waals surface area contributed by atoms with Crippen LogP contribution in [0, 0.1) is 0 Å². The van der Waals surface area contributed by atoms with E-state index in [4.69, 9.17) is 0 Å². The molecule has 0 amide bonds. The van der Waals surface area contributed by atoms with Crippen molar-refractivity contribution < 1.29 is 0 Å². The number of nitrogens with zero attached hydrogens (tertiary/aromatic N) is 2. The first-order chi connectivity index (χ1) is 19.8. The predicted molar refractivity (Wildman–Crippen MR) is 167 cm³/mol. The maximum absolute atomic E-state index is 3.88. The number of para-hydroxylation sites is 4. The van der Waals surface area contributed by atoms with Crippen LogP contribution >= 0.6 is 0 Å². The Morgan fingerprint density at radius 2 is 1.30 bits per heavy atom. The van der Waals surface area contributed by atoms with Crippen molar-refractivity contribution in [2.24, 2.45) is 0 Å². The fourth-order valence-electron chi connectivity index (χ4n) is 7.47. The minimum absolute atomic E-state index is 0.100. The number of hydrogen-bond acceptors (Lipinski definition) is 2. The highest BCUT2D eigenvalue weighted by Gasteiger charge is 2.39. The van der Waals surface area contributed by atoms with Gasteiger partial charge in [0.1, 0.15) is 6.17 Å². The molecule has 0 aliphatic carbocycles. The molecule has 0 saturated heterocycles. The van der Waals surface area contributed by atoms with Crippen molar-refractivity contribution in [1.29, 1.82) is 0 Å². The number of fused-ring (bicyclic) bond motifs is 12. The van der Waals surface area contributed by atoms with Crippen molar-refractivity contribution in [2.75, 3.05) is 10.6 Å². The molecule has 0 spiro atoms. The van der Waals surface area contributed by atoms with Gasteiger partial charge in [-0.1, -0.05) is 84.9 Å². The van der Waals surface area contributed by atoms with Crippen molar-refractivity contribution in [3.05, 3.63) is 127 Å². The van der Waals surface area contributed by atoms with Gasteiger partial charge in [-0.25, -0.2) is 0 Å². The SMILES string of the molecule is c1ccc2c(c1)NC1c3cccc4c5c6c(ccc5n(c34)C1N2)c1ccccc1n6-c1ccc2ccccc2c1. The molecule has 2 atom stereocenters. The molecule has 0 fully saturated rings. The molecule has 10 rings (SSSR count). The van der Waals surface area contributed by atoms with Gasteiger partial charge in [-0.15, -0.1) is 0 Å². The van der Waals surface area contributed by atoms with Gasteiger partial charge < -0.3 is 19.8 Å². The Bertz CT molecular complexity index is 2360. The Labute approximate surface area is 230 Å². The van der Waals surface area contributed by atoms with Gasteiger partial charge in [-0.2, -0.15) is 0 Å². The van der Waals surface area contributed by atoms with Crippen LogP contribution in [0.4, 0.5) is 11.4 Å². The summed E-state index contributed by atoms with van der Waals surface area (Å²) in [6.07, 6.45) is 0.100. The highest BCUT2D eigenvalue weighted by atomic mass is 15.3. The van der Waals surface area contributed by atoms with E-state index in [1.807, 2.05) is 0 Å². The molecule has 8 aromatic rings. The lowest BCUT2D eigenvalue weighted by molar-refractivity contribution is 0.540. The molecule has 2 aliphatic rings. The molecule has 0 radical (unpaired) electrons. The van der Waals surface area contributed by atoms with Crippen LogP contribution in [0.1, 0.15) is 17.8 Å². The second-order valence-corrected chi connectivity index (χ2v) is 11.1. The molecule has 4 nitrogen and oxygen atoms in total. The van der Waals surface area contributed by atoms with Gasteiger partial charge >= 0.3 is 0 Å². The molecule has 2 aliphatic heterocycles. The summed E-state index contributed by atoms with van der Waals surface area (Å²) in [4.78, 5) is 0. The quantitative estimate of drug-likeness (QED) is 0.230. The van der Waals surface area contributed by atoms with Gasteiger partial charge in [0.15, 0.2) is 0 Å².